The molecule has 0 aromatic heterocycles. The van der Waals surface area contributed by atoms with Gasteiger partial charge in [0.25, 0.3) is 0 Å². The maximum atomic E-state index is 13.3. The Morgan fingerprint density at radius 2 is 2.07 bits per heavy atom. The molecule has 0 amide bonds. The number of hydrogen-bond acceptors (Lipinski definition) is 2. The van der Waals surface area contributed by atoms with Crippen LogP contribution in [0.5, 0.6) is 0 Å². The zero-order chi connectivity index (χ0) is 11.3. The summed E-state index contributed by atoms with van der Waals surface area (Å²) in [7, 11) is 4.05. The lowest BCUT2D eigenvalue weighted by Crippen LogP contribution is -2.26. The van der Waals surface area contributed by atoms with Gasteiger partial charge in [0.2, 0.25) is 0 Å². The van der Waals surface area contributed by atoms with Crippen molar-refractivity contribution >= 4 is 0 Å². The molecule has 0 aliphatic rings. The van der Waals surface area contributed by atoms with Crippen molar-refractivity contribution in [3.05, 3.63) is 35.1 Å². The molecule has 0 fully saturated rings. The van der Waals surface area contributed by atoms with Crippen LogP contribution in [0, 0.1) is 12.7 Å². The second-order valence-corrected chi connectivity index (χ2v) is 4.07. The smallest absolute Gasteiger partial charge is 0.127 e. The Morgan fingerprint density at radius 3 is 2.73 bits per heavy atom. The number of aryl methyl sites for hydroxylation is 1. The Balaban J connectivity index is 2.40. The van der Waals surface area contributed by atoms with E-state index in [9.17, 15) is 4.39 Å². The van der Waals surface area contributed by atoms with E-state index in [1.54, 1.807) is 6.07 Å². The molecule has 0 spiro atoms. The van der Waals surface area contributed by atoms with Gasteiger partial charge in [-0.05, 0) is 27.1 Å². The lowest BCUT2D eigenvalue weighted by Gasteiger charge is -2.11. The summed E-state index contributed by atoms with van der Waals surface area (Å²) in [6.07, 6.45) is 0. The summed E-state index contributed by atoms with van der Waals surface area (Å²) in [6, 6.07) is 5.20. The molecule has 0 saturated heterocycles. The van der Waals surface area contributed by atoms with E-state index in [1.807, 2.05) is 27.1 Å². The van der Waals surface area contributed by atoms with Crippen molar-refractivity contribution in [1.29, 1.82) is 0 Å². The minimum absolute atomic E-state index is 0.127. The zero-order valence-electron chi connectivity index (χ0n) is 9.68. The van der Waals surface area contributed by atoms with Crippen molar-refractivity contribution in [1.82, 2.24) is 10.2 Å². The topological polar surface area (TPSA) is 15.3 Å². The first kappa shape index (κ1) is 12.1. The van der Waals surface area contributed by atoms with Gasteiger partial charge in [-0.1, -0.05) is 17.7 Å². The Hall–Kier alpha value is -0.930. The second kappa shape index (κ2) is 5.83. The van der Waals surface area contributed by atoms with Crippen molar-refractivity contribution in [3.8, 4) is 0 Å². The monoisotopic (exact) mass is 210 g/mol. The second-order valence-electron chi connectivity index (χ2n) is 4.07. The van der Waals surface area contributed by atoms with Gasteiger partial charge in [0.05, 0.1) is 0 Å². The number of nitrogens with one attached hydrogen (secondary N) is 1. The lowest BCUT2D eigenvalue weighted by atomic mass is 10.1. The highest BCUT2D eigenvalue weighted by Gasteiger charge is 2.01. The fourth-order valence-electron chi connectivity index (χ4n) is 1.36. The van der Waals surface area contributed by atoms with E-state index in [2.05, 4.69) is 10.2 Å². The Labute approximate surface area is 91.1 Å². The molecule has 3 heteroatoms. The summed E-state index contributed by atoms with van der Waals surface area (Å²) in [4.78, 5) is 2.10. The number of rotatable bonds is 5. The van der Waals surface area contributed by atoms with Crippen LogP contribution < -0.4 is 5.32 Å². The highest BCUT2D eigenvalue weighted by atomic mass is 19.1. The molecule has 0 aliphatic carbocycles. The molecule has 2 nitrogen and oxygen atoms in total. The normalized spacial score (nSPS) is 11.0. The third-order valence-electron chi connectivity index (χ3n) is 2.25. The number of likely N-dealkylation sites (N-methyl/N-ethyl adjacent to an activating group) is 1. The van der Waals surface area contributed by atoms with Gasteiger partial charge in [0.15, 0.2) is 0 Å². The molecule has 0 heterocycles. The molecule has 1 rings (SSSR count). The van der Waals surface area contributed by atoms with Gasteiger partial charge in [-0.2, -0.15) is 0 Å². The molecule has 84 valence electrons. The first-order valence-electron chi connectivity index (χ1n) is 5.20. The fourth-order valence-corrected chi connectivity index (χ4v) is 1.36. The zero-order valence-corrected chi connectivity index (χ0v) is 9.68. The third kappa shape index (κ3) is 4.40. The maximum Gasteiger partial charge on any atom is 0.127 e. The van der Waals surface area contributed by atoms with Crippen LogP contribution in [0.3, 0.4) is 0 Å². The molecule has 1 aromatic rings. The molecule has 1 N–H and O–H groups in total. The Morgan fingerprint density at radius 1 is 1.33 bits per heavy atom. The average Bonchev–Trinajstić information content (AvgIpc) is 2.17. The van der Waals surface area contributed by atoms with Crippen molar-refractivity contribution in [2.24, 2.45) is 0 Å². The summed E-state index contributed by atoms with van der Waals surface area (Å²) < 4.78 is 13.3. The molecule has 0 aliphatic heterocycles. The van der Waals surface area contributed by atoms with Crippen LogP contribution in [-0.2, 0) is 6.54 Å². The van der Waals surface area contributed by atoms with Gasteiger partial charge in [0, 0.05) is 25.2 Å². The third-order valence-corrected chi connectivity index (χ3v) is 2.25. The molecular formula is C12H19FN2. The summed E-state index contributed by atoms with van der Waals surface area (Å²) in [6.45, 7) is 4.41. The first-order valence-corrected chi connectivity index (χ1v) is 5.20. The predicted molar refractivity (Wildman–Crippen MR) is 61.4 cm³/mol. The predicted octanol–water partition coefficient (Wildman–Crippen LogP) is 1.79. The Kier molecular flexibility index (Phi) is 4.72. The van der Waals surface area contributed by atoms with Gasteiger partial charge >= 0.3 is 0 Å². The maximum absolute atomic E-state index is 13.3. The Bertz CT molecular complexity index is 310. The largest absolute Gasteiger partial charge is 0.311 e. The van der Waals surface area contributed by atoms with Crippen molar-refractivity contribution < 1.29 is 4.39 Å². The first-order chi connectivity index (χ1) is 7.09. The summed E-state index contributed by atoms with van der Waals surface area (Å²) >= 11 is 0. The van der Waals surface area contributed by atoms with E-state index in [0.29, 0.717) is 6.54 Å². The van der Waals surface area contributed by atoms with Gasteiger partial charge in [-0.25, -0.2) is 4.39 Å². The fraction of sp³-hybridized carbons (Fsp3) is 0.500. The average molecular weight is 210 g/mol. The van der Waals surface area contributed by atoms with Crippen molar-refractivity contribution in [2.75, 3.05) is 27.2 Å². The highest BCUT2D eigenvalue weighted by molar-refractivity contribution is 5.23. The van der Waals surface area contributed by atoms with Crippen LogP contribution in [0.25, 0.3) is 0 Å². The molecule has 0 atom stereocenters. The van der Waals surface area contributed by atoms with Crippen molar-refractivity contribution in [2.45, 2.75) is 13.5 Å². The van der Waals surface area contributed by atoms with E-state index in [0.717, 1.165) is 24.2 Å². The number of halogens is 1. The summed E-state index contributed by atoms with van der Waals surface area (Å²) in [5, 5.41) is 3.22. The minimum atomic E-state index is -0.127. The highest BCUT2D eigenvalue weighted by Crippen LogP contribution is 2.09. The van der Waals surface area contributed by atoms with Crippen LogP contribution >= 0.6 is 0 Å². The molecular weight excluding hydrogens is 191 g/mol. The van der Waals surface area contributed by atoms with Crippen molar-refractivity contribution in [3.63, 3.8) is 0 Å². The number of benzene rings is 1. The van der Waals surface area contributed by atoms with Crippen LogP contribution in [-0.4, -0.2) is 32.1 Å². The van der Waals surface area contributed by atoms with Gasteiger partial charge in [-0.3, -0.25) is 0 Å². The van der Waals surface area contributed by atoms with E-state index in [1.165, 1.54) is 6.07 Å². The van der Waals surface area contributed by atoms with Crippen LogP contribution in [0.1, 0.15) is 11.1 Å². The SMILES string of the molecule is Cc1ccc(F)c(CNCCN(C)C)c1. The van der Waals surface area contributed by atoms with Crippen LogP contribution in [0.15, 0.2) is 18.2 Å². The van der Waals surface area contributed by atoms with Gasteiger partial charge < -0.3 is 10.2 Å². The number of nitrogens with zero attached hydrogens (tertiary/aromatic N) is 1. The molecule has 0 unspecified atom stereocenters. The lowest BCUT2D eigenvalue weighted by molar-refractivity contribution is 0.399. The van der Waals surface area contributed by atoms with Crippen LogP contribution in [0.2, 0.25) is 0 Å². The minimum Gasteiger partial charge on any atom is -0.311 e. The molecule has 0 saturated carbocycles. The quantitative estimate of drug-likeness (QED) is 0.745. The molecule has 0 radical (unpaired) electrons. The van der Waals surface area contributed by atoms with Gasteiger partial charge in [0.1, 0.15) is 5.82 Å². The standard InChI is InChI=1S/C12H19FN2/c1-10-4-5-12(13)11(8-10)9-14-6-7-15(2)3/h4-5,8,14H,6-7,9H2,1-3H3. The van der Waals surface area contributed by atoms with E-state index >= 15 is 0 Å². The summed E-state index contributed by atoms with van der Waals surface area (Å²) in [5.74, 6) is -0.127. The van der Waals surface area contributed by atoms with Crippen LogP contribution in [0.4, 0.5) is 4.39 Å². The van der Waals surface area contributed by atoms with E-state index in [-0.39, 0.29) is 5.82 Å². The molecule has 0 bridgehead atoms. The van der Waals surface area contributed by atoms with E-state index < -0.39 is 0 Å². The molecule has 15 heavy (non-hydrogen) atoms. The van der Waals surface area contributed by atoms with E-state index in [4.69, 9.17) is 0 Å². The summed E-state index contributed by atoms with van der Waals surface area (Å²) in [5.41, 5.74) is 1.84. The molecule has 1 aromatic carbocycles. The number of hydrogen-bond donors (Lipinski definition) is 1. The van der Waals surface area contributed by atoms with Gasteiger partial charge in [-0.15, -0.1) is 0 Å².